The van der Waals surface area contributed by atoms with Crippen molar-refractivity contribution in [3.05, 3.63) is 64.7 Å². The monoisotopic (exact) mass is 307 g/mol. The molecule has 2 aromatic rings. The van der Waals surface area contributed by atoms with E-state index in [0.29, 0.717) is 0 Å². The number of nitrogens with zero attached hydrogens (tertiary/aromatic N) is 1. The van der Waals surface area contributed by atoms with Crippen LogP contribution in [-0.2, 0) is 19.3 Å². The number of anilines is 1. The first-order valence-electron chi connectivity index (χ1n) is 7.11. The zero-order valence-corrected chi connectivity index (χ0v) is 11.4. The Kier molecular flexibility index (Phi) is 3.03. The molecule has 1 aliphatic heterocycles. The van der Waals surface area contributed by atoms with E-state index in [0.717, 1.165) is 23.3 Å². The van der Waals surface area contributed by atoms with Crippen LogP contribution in [0.4, 0.5) is 18.9 Å². The highest BCUT2D eigenvalue weighted by Gasteiger charge is 2.36. The third kappa shape index (κ3) is 2.52. The smallest absolute Gasteiger partial charge is 0.366 e. The van der Waals surface area contributed by atoms with Gasteiger partial charge in [-0.2, -0.15) is 13.2 Å². The van der Waals surface area contributed by atoms with Crippen LogP contribution in [0.5, 0.6) is 0 Å². The topological polar surface area (TPSA) is 46.3 Å². The Morgan fingerprint density at radius 2 is 1.73 bits per heavy atom. The molecule has 0 unspecified atom stereocenters. The molecule has 1 heterocycles. The normalized spacial score (nSPS) is 14.7. The van der Waals surface area contributed by atoms with Gasteiger partial charge in [0.05, 0.1) is 12.6 Å². The maximum atomic E-state index is 13.3. The number of fused-ring (bicyclic) bond motifs is 1. The van der Waals surface area contributed by atoms with Crippen molar-refractivity contribution in [2.75, 3.05) is 4.90 Å². The second-order valence-corrected chi connectivity index (χ2v) is 5.12. The minimum Gasteiger partial charge on any atom is -0.366 e. The Labute approximate surface area is 126 Å². The van der Waals surface area contributed by atoms with Gasteiger partial charge in [0.1, 0.15) is 0 Å². The van der Waals surface area contributed by atoms with Gasteiger partial charge in [-0.15, -0.1) is 0 Å². The van der Waals surface area contributed by atoms with E-state index in [4.69, 9.17) is 7.10 Å². The summed E-state index contributed by atoms with van der Waals surface area (Å²) in [6, 6.07) is 8.59. The molecule has 2 aromatic carbocycles. The summed E-state index contributed by atoms with van der Waals surface area (Å²) >= 11 is 0. The Hall–Kier alpha value is -2.50. The molecule has 1 amide bonds. The lowest BCUT2D eigenvalue weighted by molar-refractivity contribution is -0.137. The van der Waals surface area contributed by atoms with Crippen LogP contribution in [0.3, 0.4) is 0 Å². The average Bonchev–Trinajstić information content (AvgIpc) is 2.88. The number of alkyl halides is 3. The molecule has 0 bridgehead atoms. The number of carbonyl (C=O) groups excluding carboxylic acids is 1. The fraction of sp³-hybridized carbons (Fsp3) is 0.188. The summed E-state index contributed by atoms with van der Waals surface area (Å²) < 4.78 is 48.0. The highest BCUT2D eigenvalue weighted by atomic mass is 19.4. The van der Waals surface area contributed by atoms with Crippen molar-refractivity contribution in [3.8, 4) is 0 Å². The van der Waals surface area contributed by atoms with Crippen LogP contribution >= 0.6 is 0 Å². The first-order chi connectivity index (χ1) is 10.8. The highest BCUT2D eigenvalue weighted by molar-refractivity contribution is 5.94. The molecular formula is C16H13F3N2O. The molecule has 1 aliphatic rings. The number of nitrogens with two attached hydrogens (primary N) is 1. The number of carbonyl (C=O) groups is 1. The van der Waals surface area contributed by atoms with Crippen molar-refractivity contribution in [2.24, 2.45) is 5.73 Å². The van der Waals surface area contributed by atoms with Crippen LogP contribution in [0.15, 0.2) is 42.4 Å². The average molecular weight is 307 g/mol. The van der Waals surface area contributed by atoms with Gasteiger partial charge < -0.3 is 10.6 Å². The molecule has 0 saturated heterocycles. The van der Waals surface area contributed by atoms with Gasteiger partial charge in [-0.05, 0) is 29.3 Å². The molecule has 0 aromatic heterocycles. The number of amides is 1. The van der Waals surface area contributed by atoms with Gasteiger partial charge in [0.2, 0.25) is 5.91 Å². The molecule has 22 heavy (non-hydrogen) atoms. The van der Waals surface area contributed by atoms with E-state index in [2.05, 4.69) is 0 Å². The predicted octanol–water partition coefficient (Wildman–Crippen LogP) is 3.32. The second kappa shape index (κ2) is 5.05. The van der Waals surface area contributed by atoms with Gasteiger partial charge in [-0.3, -0.25) is 4.79 Å². The van der Waals surface area contributed by atoms with Gasteiger partial charge in [0.15, 0.2) is 0 Å². The fourth-order valence-electron chi connectivity index (χ4n) is 2.60. The number of rotatable bonds is 2. The lowest BCUT2D eigenvalue weighted by Crippen LogP contribution is -2.21. The van der Waals surface area contributed by atoms with Gasteiger partial charge in [0, 0.05) is 18.7 Å². The molecule has 0 spiro atoms. The molecule has 0 saturated carbocycles. The van der Waals surface area contributed by atoms with Gasteiger partial charge in [0.25, 0.3) is 0 Å². The maximum Gasteiger partial charge on any atom is 0.418 e. The summed E-state index contributed by atoms with van der Waals surface area (Å²) in [5.74, 6) is -0.915. The Morgan fingerprint density at radius 3 is 2.23 bits per heavy atom. The van der Waals surface area contributed by atoms with Crippen molar-refractivity contribution in [1.82, 2.24) is 0 Å². The van der Waals surface area contributed by atoms with Crippen molar-refractivity contribution in [2.45, 2.75) is 19.3 Å². The Balaban J connectivity index is 2.14. The third-order valence-corrected chi connectivity index (χ3v) is 3.65. The Morgan fingerprint density at radius 1 is 1.14 bits per heavy atom. The summed E-state index contributed by atoms with van der Waals surface area (Å²) in [6.07, 6.45) is -4.61. The molecule has 0 atom stereocenters. The number of hydrogen-bond acceptors (Lipinski definition) is 2. The summed E-state index contributed by atoms with van der Waals surface area (Å²) in [4.78, 5) is 12.8. The standard InChI is InChI=1S/C16H13F3N2O/c17-16(18,19)13-6-5-10(15(20)22)7-14(13)21-8-11-3-1-2-4-12(11)9-21/h1-7H,8-9H2,(H2,20,22)/i7D. The van der Waals surface area contributed by atoms with Crippen LogP contribution in [0.1, 0.15) is 28.4 Å². The Bertz CT molecular complexity index is 764. The lowest BCUT2D eigenvalue weighted by atomic mass is 10.1. The molecule has 2 N–H and O–H groups in total. The van der Waals surface area contributed by atoms with E-state index in [-0.39, 0.29) is 24.3 Å². The zero-order chi connectivity index (χ0) is 16.8. The van der Waals surface area contributed by atoms with E-state index in [1.165, 1.54) is 4.90 Å². The van der Waals surface area contributed by atoms with E-state index in [9.17, 15) is 18.0 Å². The SMILES string of the molecule is [2H]c1c(C(N)=O)ccc(C(F)(F)F)c1N1Cc2ccccc2C1. The molecule has 0 aliphatic carbocycles. The van der Waals surface area contributed by atoms with Crippen LogP contribution in [-0.4, -0.2) is 5.91 Å². The van der Waals surface area contributed by atoms with Crippen molar-refractivity contribution in [3.63, 3.8) is 0 Å². The fourth-order valence-corrected chi connectivity index (χ4v) is 2.60. The molecule has 6 heteroatoms. The molecule has 0 radical (unpaired) electrons. The molecule has 3 rings (SSSR count). The number of primary amides is 1. The molecule has 0 fully saturated rings. The van der Waals surface area contributed by atoms with E-state index >= 15 is 0 Å². The van der Waals surface area contributed by atoms with Crippen molar-refractivity contribution >= 4 is 11.6 Å². The highest BCUT2D eigenvalue weighted by Crippen LogP contribution is 2.39. The predicted molar refractivity (Wildman–Crippen MR) is 76.3 cm³/mol. The summed E-state index contributed by atoms with van der Waals surface area (Å²) in [7, 11) is 0. The van der Waals surface area contributed by atoms with Gasteiger partial charge >= 0.3 is 6.18 Å². The number of halogens is 3. The van der Waals surface area contributed by atoms with Crippen molar-refractivity contribution in [1.29, 1.82) is 0 Å². The molecule has 3 nitrogen and oxygen atoms in total. The number of benzene rings is 2. The van der Waals surface area contributed by atoms with Crippen LogP contribution < -0.4 is 10.6 Å². The van der Waals surface area contributed by atoms with E-state index in [1.54, 1.807) is 0 Å². The van der Waals surface area contributed by atoms with Crippen molar-refractivity contribution < 1.29 is 19.3 Å². The lowest BCUT2D eigenvalue weighted by Gasteiger charge is -2.23. The van der Waals surface area contributed by atoms with Crippen LogP contribution in [0, 0.1) is 0 Å². The minimum absolute atomic E-state index is 0.219. The second-order valence-electron chi connectivity index (χ2n) is 5.12. The number of hydrogen-bond donors (Lipinski definition) is 1. The first-order valence-corrected chi connectivity index (χ1v) is 6.61. The maximum absolute atomic E-state index is 13.3. The molecular weight excluding hydrogens is 293 g/mol. The molecule has 114 valence electrons. The first kappa shape index (κ1) is 13.2. The largest absolute Gasteiger partial charge is 0.418 e. The van der Waals surface area contributed by atoms with Crippen LogP contribution in [0.2, 0.25) is 0 Å². The van der Waals surface area contributed by atoms with E-state index < -0.39 is 23.7 Å². The van der Waals surface area contributed by atoms with Gasteiger partial charge in [-0.25, -0.2) is 0 Å². The minimum atomic E-state index is -4.61. The van der Waals surface area contributed by atoms with E-state index in [1.807, 2.05) is 24.3 Å². The van der Waals surface area contributed by atoms with Gasteiger partial charge in [-0.1, -0.05) is 24.3 Å². The zero-order valence-electron chi connectivity index (χ0n) is 12.4. The third-order valence-electron chi connectivity index (χ3n) is 3.65. The summed E-state index contributed by atoms with van der Waals surface area (Å²) in [6.45, 7) is 0.515. The van der Waals surface area contributed by atoms with Crippen LogP contribution in [0.25, 0.3) is 0 Å². The quantitative estimate of drug-likeness (QED) is 0.925. The summed E-state index contributed by atoms with van der Waals surface area (Å²) in [5, 5.41) is 0. The summed E-state index contributed by atoms with van der Waals surface area (Å²) in [5.41, 5.74) is 5.53.